The predicted molar refractivity (Wildman–Crippen MR) is 119 cm³/mol. The molecule has 0 aliphatic heterocycles. The molecular weight excluding hydrogens is 379 g/mol. The topological polar surface area (TPSA) is 46.5 Å². The zero-order valence-electron chi connectivity index (χ0n) is 15.6. The summed E-state index contributed by atoms with van der Waals surface area (Å²) in [7, 11) is -0.841. The first-order chi connectivity index (χ1) is 14.3. The molecule has 0 saturated heterocycles. The van der Waals surface area contributed by atoms with Crippen LogP contribution in [0.5, 0.6) is 0 Å². The Morgan fingerprint density at radius 3 is 1.69 bits per heavy atom. The average Bonchev–Trinajstić information content (AvgIpc) is 2.80. The lowest BCUT2D eigenvalue weighted by atomic mass is 10.00. The lowest BCUT2D eigenvalue weighted by Crippen LogP contribution is -2.22. The Hall–Kier alpha value is -3.26. The van der Waals surface area contributed by atoms with Crippen LogP contribution in [0.1, 0.15) is 10.4 Å². The number of hydrogen-bond donors (Lipinski definition) is 1. The van der Waals surface area contributed by atoms with E-state index in [1.807, 2.05) is 66.7 Å². The fourth-order valence-electron chi connectivity index (χ4n) is 3.42. The zero-order valence-corrected chi connectivity index (χ0v) is 16.5. The second-order valence-electron chi connectivity index (χ2n) is 6.45. The van der Waals surface area contributed by atoms with Crippen LogP contribution in [0, 0.1) is 0 Å². The summed E-state index contributed by atoms with van der Waals surface area (Å²) in [5.41, 5.74) is 2.02. The molecule has 0 atom stereocenters. The van der Waals surface area contributed by atoms with E-state index in [9.17, 15) is 4.79 Å². The molecule has 4 aromatic carbocycles. The first kappa shape index (κ1) is 19.1. The van der Waals surface area contributed by atoms with Crippen LogP contribution in [-0.2, 0) is 4.89 Å². The molecule has 0 spiro atoms. The third-order valence-corrected chi connectivity index (χ3v) is 7.19. The Morgan fingerprint density at radius 1 is 0.621 bits per heavy atom. The molecule has 0 unspecified atom stereocenters. The highest BCUT2D eigenvalue weighted by Gasteiger charge is 2.22. The molecule has 29 heavy (non-hydrogen) atoms. The maximum absolute atomic E-state index is 12.2. The second kappa shape index (κ2) is 8.83. The molecule has 0 bridgehead atoms. The van der Waals surface area contributed by atoms with Crippen LogP contribution >= 0.6 is 7.92 Å². The summed E-state index contributed by atoms with van der Waals surface area (Å²) in [5.74, 6) is -0.765. The van der Waals surface area contributed by atoms with Gasteiger partial charge in [-0.2, -0.15) is 5.26 Å². The molecule has 4 rings (SSSR count). The van der Waals surface area contributed by atoms with Crippen molar-refractivity contribution >= 4 is 29.8 Å². The Morgan fingerprint density at radius 2 is 1.10 bits per heavy atom. The maximum atomic E-state index is 12.2. The second-order valence-corrected chi connectivity index (χ2v) is 8.63. The van der Waals surface area contributed by atoms with Crippen molar-refractivity contribution in [1.82, 2.24) is 0 Å². The van der Waals surface area contributed by atoms with E-state index in [-0.39, 0.29) is 0 Å². The largest absolute Gasteiger partial charge is 0.373 e. The van der Waals surface area contributed by atoms with Gasteiger partial charge in [0.25, 0.3) is 0 Å². The van der Waals surface area contributed by atoms with Crippen molar-refractivity contribution in [2.45, 2.75) is 0 Å². The Bertz CT molecular complexity index is 1070. The molecule has 0 fully saturated rings. The third-order valence-electron chi connectivity index (χ3n) is 4.69. The van der Waals surface area contributed by atoms with Crippen molar-refractivity contribution < 1.29 is 14.9 Å². The lowest BCUT2D eigenvalue weighted by molar-refractivity contribution is -0.182. The zero-order chi connectivity index (χ0) is 20.1. The van der Waals surface area contributed by atoms with E-state index in [1.54, 1.807) is 12.1 Å². The molecule has 4 aromatic rings. The molecule has 0 radical (unpaired) electrons. The van der Waals surface area contributed by atoms with Crippen LogP contribution < -0.4 is 15.9 Å². The van der Waals surface area contributed by atoms with Crippen molar-refractivity contribution in [1.29, 1.82) is 0 Å². The fourth-order valence-corrected chi connectivity index (χ4v) is 5.89. The molecule has 0 aliphatic rings. The molecule has 0 heterocycles. The molecule has 0 amide bonds. The van der Waals surface area contributed by atoms with Gasteiger partial charge in [0.05, 0.1) is 5.56 Å². The van der Waals surface area contributed by atoms with Gasteiger partial charge in [0, 0.05) is 0 Å². The molecule has 0 aliphatic carbocycles. The summed E-state index contributed by atoms with van der Waals surface area (Å²) in [4.78, 5) is 16.2. The number of rotatable bonds is 5. The number of hydrogen-bond acceptors (Lipinski definition) is 3. The summed E-state index contributed by atoms with van der Waals surface area (Å²) in [5, 5.41) is 12.5. The maximum Gasteiger partial charge on any atom is 0.373 e. The van der Waals surface area contributed by atoms with Crippen LogP contribution in [0.4, 0.5) is 0 Å². The summed E-state index contributed by atoms with van der Waals surface area (Å²) >= 11 is 0. The van der Waals surface area contributed by atoms with E-state index in [0.29, 0.717) is 5.56 Å². The van der Waals surface area contributed by atoms with Gasteiger partial charge in [0.2, 0.25) is 0 Å². The van der Waals surface area contributed by atoms with E-state index in [4.69, 9.17) is 5.26 Å². The number of carbonyl (C=O) groups is 1. The normalized spacial score (nSPS) is 10.7. The summed E-state index contributed by atoms with van der Waals surface area (Å²) in [6, 6.07) is 36.1. The highest BCUT2D eigenvalue weighted by atomic mass is 31.1. The minimum Gasteiger partial charge on any atom is -0.295 e. The molecule has 4 heteroatoms. The fraction of sp³-hybridized carbons (Fsp3) is 0. The summed E-state index contributed by atoms with van der Waals surface area (Å²) < 4.78 is 0. The van der Waals surface area contributed by atoms with Crippen LogP contribution in [-0.4, -0.2) is 11.2 Å². The van der Waals surface area contributed by atoms with Gasteiger partial charge < -0.3 is 0 Å². The van der Waals surface area contributed by atoms with E-state index in [1.165, 1.54) is 10.6 Å². The van der Waals surface area contributed by atoms with E-state index in [0.717, 1.165) is 16.4 Å². The van der Waals surface area contributed by atoms with Gasteiger partial charge in [-0.05, 0) is 41.0 Å². The highest BCUT2D eigenvalue weighted by Crippen LogP contribution is 2.37. The van der Waals surface area contributed by atoms with Crippen molar-refractivity contribution in [3.05, 3.63) is 115 Å². The SMILES string of the molecule is O=C(OO)c1ccccc1-c1ccccc1P(c1ccccc1)c1ccccc1. The Kier molecular flexibility index (Phi) is 5.81. The van der Waals surface area contributed by atoms with Crippen molar-refractivity contribution in [2.75, 3.05) is 0 Å². The van der Waals surface area contributed by atoms with Crippen LogP contribution in [0.25, 0.3) is 11.1 Å². The van der Waals surface area contributed by atoms with E-state index in [2.05, 4.69) is 35.2 Å². The van der Waals surface area contributed by atoms with Crippen molar-refractivity contribution in [3.8, 4) is 11.1 Å². The number of carbonyl (C=O) groups excluding carboxylic acids is 1. The minimum atomic E-state index is -0.841. The Labute approximate surface area is 170 Å². The van der Waals surface area contributed by atoms with E-state index < -0.39 is 13.9 Å². The van der Waals surface area contributed by atoms with Crippen LogP contribution in [0.15, 0.2) is 109 Å². The summed E-state index contributed by atoms with van der Waals surface area (Å²) in [6.07, 6.45) is 0. The molecule has 1 N–H and O–H groups in total. The van der Waals surface area contributed by atoms with Gasteiger partial charge in [-0.25, -0.2) is 4.79 Å². The van der Waals surface area contributed by atoms with Crippen molar-refractivity contribution in [3.63, 3.8) is 0 Å². The predicted octanol–water partition coefficient (Wildman–Crippen LogP) is 4.74. The first-order valence-corrected chi connectivity index (χ1v) is 10.6. The monoisotopic (exact) mass is 398 g/mol. The molecular formula is C25H19O3P. The lowest BCUT2D eigenvalue weighted by Gasteiger charge is -2.23. The average molecular weight is 398 g/mol. The highest BCUT2D eigenvalue weighted by molar-refractivity contribution is 7.80. The van der Waals surface area contributed by atoms with Gasteiger partial charge >= 0.3 is 5.97 Å². The molecule has 0 aromatic heterocycles. The minimum absolute atomic E-state index is 0.332. The first-order valence-electron chi connectivity index (χ1n) is 9.24. The van der Waals surface area contributed by atoms with E-state index >= 15 is 0 Å². The smallest absolute Gasteiger partial charge is 0.295 e. The molecule has 3 nitrogen and oxygen atoms in total. The van der Waals surface area contributed by atoms with Gasteiger partial charge in [-0.1, -0.05) is 103 Å². The van der Waals surface area contributed by atoms with Gasteiger partial charge in [0.15, 0.2) is 0 Å². The van der Waals surface area contributed by atoms with Gasteiger partial charge in [-0.3, -0.25) is 4.89 Å². The van der Waals surface area contributed by atoms with Crippen LogP contribution in [0.3, 0.4) is 0 Å². The van der Waals surface area contributed by atoms with Crippen LogP contribution in [0.2, 0.25) is 0 Å². The standard InChI is InChI=1S/C25H19O3P/c26-25(28-27)23-17-8-7-15-21(23)22-16-9-10-18-24(22)29(19-11-3-1-4-12-19)20-13-5-2-6-14-20/h1-18,27H. The third kappa shape index (κ3) is 3.97. The quantitative estimate of drug-likeness (QED) is 0.300. The molecule has 142 valence electrons. The van der Waals surface area contributed by atoms with Gasteiger partial charge in [-0.15, -0.1) is 0 Å². The van der Waals surface area contributed by atoms with Gasteiger partial charge in [0.1, 0.15) is 0 Å². The summed E-state index contributed by atoms with van der Waals surface area (Å²) in [6.45, 7) is 0. The van der Waals surface area contributed by atoms with Crippen molar-refractivity contribution in [2.24, 2.45) is 0 Å². The Balaban J connectivity index is 1.95. The number of benzene rings is 4. The molecule has 0 saturated carbocycles.